The van der Waals surface area contributed by atoms with Crippen molar-refractivity contribution in [3.63, 3.8) is 0 Å². The fourth-order valence-corrected chi connectivity index (χ4v) is 3.08. The molecule has 0 spiro atoms. The average Bonchev–Trinajstić information content (AvgIpc) is 2.63. The van der Waals surface area contributed by atoms with Crippen LogP contribution in [-0.2, 0) is 6.54 Å². The first-order valence-electron chi connectivity index (χ1n) is 9.74. The molecule has 1 N–H and O–H groups in total. The van der Waals surface area contributed by atoms with Crippen LogP contribution in [-0.4, -0.2) is 6.61 Å². The van der Waals surface area contributed by atoms with E-state index in [4.69, 9.17) is 4.74 Å². The lowest BCUT2D eigenvalue weighted by Gasteiger charge is -2.18. The minimum Gasteiger partial charge on any atom is -0.494 e. The SMILES string of the molecule is CCCCCCOc1ccc(C(CC)NCc2cccc(C)c2)cc1. The number of hydrogen-bond acceptors (Lipinski definition) is 2. The molecule has 0 bridgehead atoms. The van der Waals surface area contributed by atoms with Crippen molar-refractivity contribution >= 4 is 0 Å². The summed E-state index contributed by atoms with van der Waals surface area (Å²) < 4.78 is 5.84. The molecule has 0 aliphatic rings. The van der Waals surface area contributed by atoms with Crippen molar-refractivity contribution in [1.82, 2.24) is 5.32 Å². The van der Waals surface area contributed by atoms with Crippen LogP contribution in [0.1, 0.15) is 68.7 Å². The van der Waals surface area contributed by atoms with E-state index < -0.39 is 0 Å². The molecule has 2 rings (SSSR count). The third-order valence-corrected chi connectivity index (χ3v) is 4.59. The van der Waals surface area contributed by atoms with Crippen LogP contribution in [0.15, 0.2) is 48.5 Å². The third kappa shape index (κ3) is 6.91. The fraction of sp³-hybridized carbons (Fsp3) is 0.478. The molecule has 0 aromatic heterocycles. The maximum Gasteiger partial charge on any atom is 0.119 e. The molecule has 2 aromatic carbocycles. The molecule has 0 radical (unpaired) electrons. The Kier molecular flexibility index (Phi) is 8.54. The van der Waals surface area contributed by atoms with Gasteiger partial charge in [-0.3, -0.25) is 0 Å². The molecule has 0 saturated carbocycles. The molecule has 2 heteroatoms. The van der Waals surface area contributed by atoms with Crippen molar-refractivity contribution < 1.29 is 4.74 Å². The lowest BCUT2D eigenvalue weighted by molar-refractivity contribution is 0.305. The van der Waals surface area contributed by atoms with E-state index >= 15 is 0 Å². The molecule has 2 nitrogen and oxygen atoms in total. The zero-order valence-electron chi connectivity index (χ0n) is 16.1. The first-order valence-corrected chi connectivity index (χ1v) is 9.74. The van der Waals surface area contributed by atoms with Gasteiger partial charge in [0.05, 0.1) is 6.61 Å². The summed E-state index contributed by atoms with van der Waals surface area (Å²) in [4.78, 5) is 0. The summed E-state index contributed by atoms with van der Waals surface area (Å²) in [5.74, 6) is 0.980. The van der Waals surface area contributed by atoms with Crippen molar-refractivity contribution in [2.45, 2.75) is 65.5 Å². The Morgan fingerprint density at radius 3 is 2.44 bits per heavy atom. The summed E-state index contributed by atoms with van der Waals surface area (Å²) in [6.07, 6.45) is 6.04. The van der Waals surface area contributed by atoms with E-state index in [-0.39, 0.29) is 0 Å². The summed E-state index contributed by atoms with van der Waals surface area (Å²) in [7, 11) is 0. The van der Waals surface area contributed by atoms with E-state index in [0.29, 0.717) is 6.04 Å². The minimum absolute atomic E-state index is 0.374. The van der Waals surface area contributed by atoms with Gasteiger partial charge in [-0.1, -0.05) is 75.1 Å². The lowest BCUT2D eigenvalue weighted by atomic mass is 10.0. The highest BCUT2D eigenvalue weighted by molar-refractivity contribution is 5.29. The smallest absolute Gasteiger partial charge is 0.119 e. The second-order valence-electron chi connectivity index (χ2n) is 6.81. The van der Waals surface area contributed by atoms with E-state index in [0.717, 1.165) is 31.7 Å². The molecular weight excluding hydrogens is 306 g/mol. The van der Waals surface area contributed by atoms with Gasteiger partial charge in [0.25, 0.3) is 0 Å². The standard InChI is InChI=1S/C23H33NO/c1-4-6-7-8-16-25-22-14-12-21(13-15-22)23(5-2)24-18-20-11-9-10-19(3)17-20/h9-15,17,23-24H,4-8,16,18H2,1-3H3. The summed E-state index contributed by atoms with van der Waals surface area (Å²) in [6, 6.07) is 17.7. The van der Waals surface area contributed by atoms with Gasteiger partial charge < -0.3 is 10.1 Å². The largest absolute Gasteiger partial charge is 0.494 e. The lowest BCUT2D eigenvalue weighted by Crippen LogP contribution is -2.20. The maximum atomic E-state index is 5.84. The Morgan fingerprint density at radius 1 is 0.960 bits per heavy atom. The second-order valence-corrected chi connectivity index (χ2v) is 6.81. The van der Waals surface area contributed by atoms with E-state index in [9.17, 15) is 0 Å². The fourth-order valence-electron chi connectivity index (χ4n) is 3.08. The van der Waals surface area contributed by atoms with Gasteiger partial charge in [-0.2, -0.15) is 0 Å². The number of unbranched alkanes of at least 4 members (excludes halogenated alkanes) is 3. The van der Waals surface area contributed by atoms with Crippen LogP contribution in [0.4, 0.5) is 0 Å². The third-order valence-electron chi connectivity index (χ3n) is 4.59. The number of rotatable bonds is 11. The summed E-state index contributed by atoms with van der Waals surface area (Å²) in [5.41, 5.74) is 3.98. The predicted molar refractivity (Wildman–Crippen MR) is 107 cm³/mol. The summed E-state index contributed by atoms with van der Waals surface area (Å²) in [6.45, 7) is 8.32. The first-order chi connectivity index (χ1) is 12.2. The van der Waals surface area contributed by atoms with Crippen molar-refractivity contribution in [3.8, 4) is 5.75 Å². The van der Waals surface area contributed by atoms with Gasteiger partial charge in [0.2, 0.25) is 0 Å². The van der Waals surface area contributed by atoms with Crippen molar-refractivity contribution in [2.75, 3.05) is 6.61 Å². The maximum absolute atomic E-state index is 5.84. The molecule has 25 heavy (non-hydrogen) atoms. The van der Waals surface area contributed by atoms with Gasteiger partial charge in [0.15, 0.2) is 0 Å². The quantitative estimate of drug-likeness (QED) is 0.492. The highest BCUT2D eigenvalue weighted by Gasteiger charge is 2.09. The zero-order valence-corrected chi connectivity index (χ0v) is 16.1. The number of ether oxygens (including phenoxy) is 1. The van der Waals surface area contributed by atoms with Crippen LogP contribution >= 0.6 is 0 Å². The van der Waals surface area contributed by atoms with E-state index in [1.165, 1.54) is 36.0 Å². The topological polar surface area (TPSA) is 21.3 Å². The molecule has 2 aromatic rings. The van der Waals surface area contributed by atoms with Crippen LogP contribution in [0, 0.1) is 6.92 Å². The highest BCUT2D eigenvalue weighted by Crippen LogP contribution is 2.21. The first kappa shape index (κ1) is 19.5. The molecule has 0 amide bonds. The molecule has 0 heterocycles. The van der Waals surface area contributed by atoms with Gasteiger partial charge in [0, 0.05) is 12.6 Å². The number of nitrogens with one attached hydrogen (secondary N) is 1. The summed E-state index contributed by atoms with van der Waals surface area (Å²) in [5, 5.41) is 3.67. The number of aryl methyl sites for hydroxylation is 1. The molecule has 1 atom stereocenters. The van der Waals surface area contributed by atoms with Gasteiger partial charge in [-0.05, 0) is 43.0 Å². The molecular formula is C23H33NO. The van der Waals surface area contributed by atoms with Crippen LogP contribution in [0.3, 0.4) is 0 Å². The van der Waals surface area contributed by atoms with Gasteiger partial charge >= 0.3 is 0 Å². The van der Waals surface area contributed by atoms with E-state index in [1.54, 1.807) is 0 Å². The minimum atomic E-state index is 0.374. The molecule has 1 unspecified atom stereocenters. The van der Waals surface area contributed by atoms with Gasteiger partial charge in [0.1, 0.15) is 5.75 Å². The Labute approximate surface area is 153 Å². The summed E-state index contributed by atoms with van der Waals surface area (Å²) >= 11 is 0. The van der Waals surface area contributed by atoms with Crippen molar-refractivity contribution in [2.24, 2.45) is 0 Å². The Bertz CT molecular complexity index is 606. The Balaban J connectivity index is 1.83. The van der Waals surface area contributed by atoms with Crippen LogP contribution in [0.2, 0.25) is 0 Å². The predicted octanol–water partition coefficient (Wildman–Crippen LogP) is 6.20. The average molecular weight is 340 g/mol. The van der Waals surface area contributed by atoms with Crippen molar-refractivity contribution in [1.29, 1.82) is 0 Å². The van der Waals surface area contributed by atoms with Gasteiger partial charge in [-0.15, -0.1) is 0 Å². The zero-order chi connectivity index (χ0) is 17.9. The van der Waals surface area contributed by atoms with Crippen molar-refractivity contribution in [3.05, 3.63) is 65.2 Å². The van der Waals surface area contributed by atoms with E-state index in [1.807, 2.05) is 0 Å². The molecule has 136 valence electrons. The normalized spacial score (nSPS) is 12.1. The van der Waals surface area contributed by atoms with E-state index in [2.05, 4.69) is 74.6 Å². The second kappa shape index (κ2) is 10.9. The highest BCUT2D eigenvalue weighted by atomic mass is 16.5. The van der Waals surface area contributed by atoms with Gasteiger partial charge in [-0.25, -0.2) is 0 Å². The van der Waals surface area contributed by atoms with Crippen LogP contribution in [0.5, 0.6) is 5.75 Å². The molecule has 0 fully saturated rings. The Hall–Kier alpha value is -1.80. The number of benzene rings is 2. The van der Waals surface area contributed by atoms with Crippen LogP contribution in [0.25, 0.3) is 0 Å². The molecule has 0 saturated heterocycles. The monoisotopic (exact) mass is 339 g/mol. The Morgan fingerprint density at radius 2 is 1.76 bits per heavy atom. The molecule has 0 aliphatic heterocycles. The van der Waals surface area contributed by atoms with Crippen LogP contribution < -0.4 is 10.1 Å². The number of hydrogen-bond donors (Lipinski definition) is 1. The molecule has 0 aliphatic carbocycles.